The third-order valence-corrected chi connectivity index (χ3v) is 6.28. The molecule has 0 spiro atoms. The number of carbonyl (C=O) groups excluding carboxylic acids is 1. The number of fused-ring (bicyclic) bond motifs is 1. The van der Waals surface area contributed by atoms with Gasteiger partial charge in [0.25, 0.3) is 15.9 Å². The van der Waals surface area contributed by atoms with Crippen molar-refractivity contribution in [3.63, 3.8) is 0 Å². The van der Waals surface area contributed by atoms with Crippen LogP contribution in [-0.2, 0) is 28.0 Å². The number of nitrogens with one attached hydrogen (secondary N) is 1. The first-order valence-corrected chi connectivity index (χ1v) is 9.88. The lowest BCUT2D eigenvalue weighted by Crippen LogP contribution is -2.30. The van der Waals surface area contributed by atoms with Gasteiger partial charge >= 0.3 is 0 Å². The highest BCUT2D eigenvalue weighted by atomic mass is 32.2. The largest absolute Gasteiger partial charge is 0.372 e. The van der Waals surface area contributed by atoms with Crippen molar-refractivity contribution < 1.29 is 17.9 Å². The van der Waals surface area contributed by atoms with Crippen molar-refractivity contribution in [1.29, 1.82) is 0 Å². The molecule has 4 rings (SSSR count). The van der Waals surface area contributed by atoms with Crippen LogP contribution < -0.4 is 4.72 Å². The first-order chi connectivity index (χ1) is 12.0. The Bertz CT molecular complexity index is 932. The highest BCUT2D eigenvalue weighted by molar-refractivity contribution is 7.90. The summed E-state index contributed by atoms with van der Waals surface area (Å²) >= 11 is 0. The number of ether oxygens (including phenoxy) is 1. The van der Waals surface area contributed by atoms with E-state index >= 15 is 0 Å². The van der Waals surface area contributed by atoms with E-state index in [1.807, 2.05) is 12.1 Å². The molecule has 1 aliphatic heterocycles. The Morgan fingerprint density at radius 1 is 1.04 bits per heavy atom. The highest BCUT2D eigenvalue weighted by Crippen LogP contribution is 2.36. The number of benzene rings is 2. The van der Waals surface area contributed by atoms with Crippen LogP contribution >= 0.6 is 0 Å². The van der Waals surface area contributed by atoms with Crippen LogP contribution in [0.15, 0.2) is 47.4 Å². The van der Waals surface area contributed by atoms with Crippen LogP contribution in [0, 0.1) is 0 Å². The van der Waals surface area contributed by atoms with Gasteiger partial charge in [0.1, 0.15) is 0 Å². The summed E-state index contributed by atoms with van der Waals surface area (Å²) in [4.78, 5) is 12.5. The second kappa shape index (κ2) is 6.28. The molecule has 2 aromatic carbocycles. The van der Waals surface area contributed by atoms with Crippen LogP contribution in [0.25, 0.3) is 0 Å². The SMILES string of the molecule is O=C(NS(=O)(=O)c1ccc2c(c1)COC2)c1cccc(C2CCC2)c1. The lowest BCUT2D eigenvalue weighted by molar-refractivity contribution is 0.0981. The van der Waals surface area contributed by atoms with Gasteiger partial charge in [-0.2, -0.15) is 0 Å². The molecule has 0 radical (unpaired) electrons. The molecule has 5 nitrogen and oxygen atoms in total. The summed E-state index contributed by atoms with van der Waals surface area (Å²) in [5.74, 6) is -0.112. The zero-order valence-electron chi connectivity index (χ0n) is 13.7. The van der Waals surface area contributed by atoms with Crippen molar-refractivity contribution in [2.24, 2.45) is 0 Å². The molecule has 25 heavy (non-hydrogen) atoms. The number of hydrogen-bond donors (Lipinski definition) is 1. The summed E-state index contributed by atoms with van der Waals surface area (Å²) in [5.41, 5.74) is 3.31. The maximum absolute atomic E-state index is 12.5. The van der Waals surface area contributed by atoms with Gasteiger partial charge in [0, 0.05) is 5.56 Å². The maximum atomic E-state index is 12.5. The minimum atomic E-state index is -3.91. The van der Waals surface area contributed by atoms with Gasteiger partial charge in [-0.25, -0.2) is 13.1 Å². The fourth-order valence-corrected chi connectivity index (χ4v) is 4.26. The predicted molar refractivity (Wildman–Crippen MR) is 92.6 cm³/mol. The number of hydrogen-bond acceptors (Lipinski definition) is 4. The van der Waals surface area contributed by atoms with E-state index in [2.05, 4.69) is 4.72 Å². The standard InChI is InChI=1S/C19H19NO4S/c21-19(15-6-2-5-14(9-15)13-3-1-4-13)20-25(22,23)18-8-7-16-11-24-12-17(16)10-18/h2,5-10,13H,1,3-4,11-12H2,(H,20,21). The van der Waals surface area contributed by atoms with Crippen LogP contribution in [0.2, 0.25) is 0 Å². The summed E-state index contributed by atoms with van der Waals surface area (Å²) < 4.78 is 32.5. The van der Waals surface area contributed by atoms with E-state index in [0.717, 1.165) is 29.5 Å². The molecule has 0 saturated heterocycles. The van der Waals surface area contributed by atoms with Gasteiger partial charge in [-0.3, -0.25) is 4.79 Å². The molecule has 1 N–H and O–H groups in total. The van der Waals surface area contributed by atoms with Gasteiger partial charge in [-0.1, -0.05) is 24.6 Å². The summed E-state index contributed by atoms with van der Waals surface area (Å²) in [6.07, 6.45) is 3.46. The van der Waals surface area contributed by atoms with E-state index in [0.29, 0.717) is 24.7 Å². The normalized spacial score (nSPS) is 17.0. The minimum absolute atomic E-state index is 0.0836. The topological polar surface area (TPSA) is 72.5 Å². The fraction of sp³-hybridized carbons (Fsp3) is 0.316. The number of rotatable bonds is 4. The van der Waals surface area contributed by atoms with Crippen molar-refractivity contribution in [3.05, 3.63) is 64.7 Å². The van der Waals surface area contributed by atoms with Gasteiger partial charge in [0.2, 0.25) is 0 Å². The fourth-order valence-electron chi connectivity index (χ4n) is 3.23. The monoisotopic (exact) mass is 357 g/mol. The van der Waals surface area contributed by atoms with Crippen molar-refractivity contribution >= 4 is 15.9 Å². The lowest BCUT2D eigenvalue weighted by atomic mass is 9.80. The second-order valence-corrected chi connectivity index (χ2v) is 8.29. The third kappa shape index (κ3) is 3.19. The molecule has 130 valence electrons. The van der Waals surface area contributed by atoms with Crippen molar-refractivity contribution in [3.8, 4) is 0 Å². The Balaban J connectivity index is 1.55. The number of sulfonamides is 1. The van der Waals surface area contributed by atoms with Crippen LogP contribution in [0.1, 0.15) is 52.2 Å². The lowest BCUT2D eigenvalue weighted by Gasteiger charge is -2.26. The zero-order chi connectivity index (χ0) is 17.4. The van der Waals surface area contributed by atoms with Gasteiger partial charge in [-0.05, 0) is 59.7 Å². The van der Waals surface area contributed by atoms with Gasteiger partial charge in [0.15, 0.2) is 0 Å². The van der Waals surface area contributed by atoms with Crippen LogP contribution in [0.4, 0.5) is 0 Å². The Labute approximate surface area is 147 Å². The number of amides is 1. The average molecular weight is 357 g/mol. The quantitative estimate of drug-likeness (QED) is 0.913. The molecular weight excluding hydrogens is 338 g/mol. The Morgan fingerprint density at radius 2 is 1.84 bits per heavy atom. The minimum Gasteiger partial charge on any atom is -0.372 e. The second-order valence-electron chi connectivity index (χ2n) is 6.61. The summed E-state index contributed by atoms with van der Waals surface area (Å²) in [6.45, 7) is 0.895. The van der Waals surface area contributed by atoms with Crippen LogP contribution in [0.5, 0.6) is 0 Å². The molecule has 2 aromatic rings. The van der Waals surface area contributed by atoms with Crippen molar-refractivity contribution in [2.45, 2.75) is 43.3 Å². The Morgan fingerprint density at radius 3 is 2.60 bits per heavy atom. The highest BCUT2D eigenvalue weighted by Gasteiger charge is 2.23. The predicted octanol–water partition coefficient (Wildman–Crippen LogP) is 3.10. The number of carbonyl (C=O) groups is 1. The average Bonchev–Trinajstić information content (AvgIpc) is 3.00. The van der Waals surface area contributed by atoms with E-state index in [1.54, 1.807) is 24.3 Å². The zero-order valence-corrected chi connectivity index (χ0v) is 14.5. The molecular formula is C19H19NO4S. The van der Waals surface area contributed by atoms with Crippen molar-refractivity contribution in [1.82, 2.24) is 4.72 Å². The summed E-state index contributed by atoms with van der Waals surface area (Å²) in [5, 5.41) is 0. The van der Waals surface area contributed by atoms with E-state index in [4.69, 9.17) is 4.74 Å². The summed E-state index contributed by atoms with van der Waals surface area (Å²) in [6, 6.07) is 12.1. The molecule has 2 aliphatic rings. The van der Waals surface area contributed by atoms with E-state index in [9.17, 15) is 13.2 Å². The van der Waals surface area contributed by atoms with Crippen LogP contribution in [-0.4, -0.2) is 14.3 Å². The first kappa shape index (κ1) is 16.3. The maximum Gasteiger partial charge on any atom is 0.265 e. The molecule has 6 heteroatoms. The first-order valence-electron chi connectivity index (χ1n) is 8.39. The Hall–Kier alpha value is -2.18. The van der Waals surface area contributed by atoms with Gasteiger partial charge < -0.3 is 4.74 Å². The molecule has 0 aromatic heterocycles. The van der Waals surface area contributed by atoms with E-state index in [1.165, 1.54) is 12.5 Å². The smallest absolute Gasteiger partial charge is 0.265 e. The molecule has 0 bridgehead atoms. The van der Waals surface area contributed by atoms with Gasteiger partial charge in [-0.15, -0.1) is 0 Å². The van der Waals surface area contributed by atoms with Crippen molar-refractivity contribution in [2.75, 3.05) is 0 Å². The molecule has 0 unspecified atom stereocenters. The van der Waals surface area contributed by atoms with E-state index < -0.39 is 15.9 Å². The van der Waals surface area contributed by atoms with Gasteiger partial charge in [0.05, 0.1) is 18.1 Å². The molecule has 1 aliphatic carbocycles. The molecule has 1 amide bonds. The molecule has 1 fully saturated rings. The Kier molecular flexibility index (Phi) is 4.09. The molecule has 0 atom stereocenters. The third-order valence-electron chi connectivity index (χ3n) is 4.96. The molecule has 1 saturated carbocycles. The summed E-state index contributed by atoms with van der Waals surface area (Å²) in [7, 11) is -3.91. The van der Waals surface area contributed by atoms with E-state index in [-0.39, 0.29) is 4.90 Å². The van der Waals surface area contributed by atoms with Crippen LogP contribution in [0.3, 0.4) is 0 Å². The molecule has 1 heterocycles.